The molecule has 3 aromatic rings. The Morgan fingerprint density at radius 3 is 2.41 bits per heavy atom. The maximum Gasteiger partial charge on any atom is 0.122 e. The molecule has 0 unspecified atom stereocenters. The minimum absolute atomic E-state index is 0.441. The van der Waals surface area contributed by atoms with Crippen molar-refractivity contribution in [3.8, 4) is 5.75 Å². The van der Waals surface area contributed by atoms with E-state index in [4.69, 9.17) is 4.74 Å². The summed E-state index contributed by atoms with van der Waals surface area (Å²) in [7, 11) is 0. The molecule has 0 radical (unpaired) electrons. The minimum Gasteiger partial charge on any atom is -0.489 e. The molecule has 1 heterocycles. The van der Waals surface area contributed by atoms with Crippen LogP contribution in [0.15, 0.2) is 48.7 Å². The van der Waals surface area contributed by atoms with Crippen LogP contribution in [-0.2, 0) is 6.61 Å². The van der Waals surface area contributed by atoms with Crippen LogP contribution in [0.1, 0.15) is 36.6 Å². The van der Waals surface area contributed by atoms with Crippen molar-refractivity contribution in [2.24, 2.45) is 0 Å². The molecule has 1 aromatic heterocycles. The van der Waals surface area contributed by atoms with E-state index in [0.29, 0.717) is 12.6 Å². The van der Waals surface area contributed by atoms with Crippen molar-refractivity contribution in [3.63, 3.8) is 0 Å². The summed E-state index contributed by atoms with van der Waals surface area (Å²) in [6, 6.07) is 15.1. The van der Waals surface area contributed by atoms with E-state index in [9.17, 15) is 0 Å². The summed E-state index contributed by atoms with van der Waals surface area (Å²) in [4.78, 5) is 0. The van der Waals surface area contributed by atoms with Crippen LogP contribution >= 0.6 is 0 Å². The maximum absolute atomic E-state index is 6.05. The molecule has 2 heteroatoms. The third-order valence-corrected chi connectivity index (χ3v) is 4.17. The van der Waals surface area contributed by atoms with E-state index in [2.05, 4.69) is 62.7 Å². The van der Waals surface area contributed by atoms with Gasteiger partial charge in [-0.05, 0) is 44.9 Å². The lowest BCUT2D eigenvalue weighted by atomic mass is 10.1. The van der Waals surface area contributed by atoms with Crippen LogP contribution in [0.5, 0.6) is 5.75 Å². The number of aromatic nitrogens is 1. The van der Waals surface area contributed by atoms with E-state index in [1.54, 1.807) is 0 Å². The van der Waals surface area contributed by atoms with Gasteiger partial charge in [-0.1, -0.05) is 36.4 Å². The number of rotatable bonds is 4. The number of hydrogen-bond acceptors (Lipinski definition) is 1. The van der Waals surface area contributed by atoms with Crippen LogP contribution in [-0.4, -0.2) is 4.57 Å². The third kappa shape index (κ3) is 2.61. The molecule has 0 aliphatic carbocycles. The van der Waals surface area contributed by atoms with E-state index < -0.39 is 0 Å². The van der Waals surface area contributed by atoms with Crippen LogP contribution in [0.3, 0.4) is 0 Å². The standard InChI is InChI=1S/C20H23NO/c1-14(2)21-12-17(18-10-7-9-16(4)20(18)21)13-22-19-11-6-5-8-15(19)3/h5-12,14H,13H2,1-4H3. The highest BCUT2D eigenvalue weighted by Crippen LogP contribution is 2.28. The highest BCUT2D eigenvalue weighted by atomic mass is 16.5. The molecule has 0 atom stereocenters. The first-order valence-electron chi connectivity index (χ1n) is 7.85. The van der Waals surface area contributed by atoms with Gasteiger partial charge in [0.2, 0.25) is 0 Å². The first-order chi connectivity index (χ1) is 10.6. The zero-order valence-electron chi connectivity index (χ0n) is 13.8. The molecule has 0 aliphatic rings. The molecule has 22 heavy (non-hydrogen) atoms. The predicted octanol–water partition coefficient (Wildman–Crippen LogP) is 5.42. The zero-order valence-corrected chi connectivity index (χ0v) is 13.8. The highest BCUT2D eigenvalue weighted by molar-refractivity contribution is 5.86. The molecule has 0 bridgehead atoms. The van der Waals surface area contributed by atoms with Crippen molar-refractivity contribution < 1.29 is 4.74 Å². The van der Waals surface area contributed by atoms with Gasteiger partial charge in [-0.3, -0.25) is 0 Å². The summed E-state index contributed by atoms with van der Waals surface area (Å²) in [6.07, 6.45) is 2.24. The molecule has 2 aromatic carbocycles. The molecule has 0 N–H and O–H groups in total. The van der Waals surface area contributed by atoms with Crippen molar-refractivity contribution >= 4 is 10.9 Å². The molecule has 0 amide bonds. The topological polar surface area (TPSA) is 14.2 Å². The average Bonchev–Trinajstić information content (AvgIpc) is 2.87. The fourth-order valence-electron chi connectivity index (χ4n) is 2.96. The predicted molar refractivity (Wildman–Crippen MR) is 92.6 cm³/mol. The van der Waals surface area contributed by atoms with Gasteiger partial charge in [0.15, 0.2) is 0 Å². The van der Waals surface area contributed by atoms with E-state index in [0.717, 1.165) is 5.75 Å². The van der Waals surface area contributed by atoms with Crippen LogP contribution < -0.4 is 4.74 Å². The number of fused-ring (bicyclic) bond motifs is 1. The van der Waals surface area contributed by atoms with Crippen LogP contribution in [0.4, 0.5) is 0 Å². The maximum atomic E-state index is 6.05. The first kappa shape index (κ1) is 14.7. The fraction of sp³-hybridized carbons (Fsp3) is 0.300. The van der Waals surface area contributed by atoms with E-state index in [1.807, 2.05) is 18.2 Å². The van der Waals surface area contributed by atoms with Crippen molar-refractivity contribution in [1.82, 2.24) is 4.57 Å². The van der Waals surface area contributed by atoms with Gasteiger partial charge in [0.1, 0.15) is 12.4 Å². The van der Waals surface area contributed by atoms with Crippen LogP contribution in [0, 0.1) is 13.8 Å². The normalized spacial score (nSPS) is 11.3. The van der Waals surface area contributed by atoms with Crippen molar-refractivity contribution in [2.45, 2.75) is 40.3 Å². The van der Waals surface area contributed by atoms with Gasteiger partial charge in [-0.2, -0.15) is 0 Å². The lowest BCUT2D eigenvalue weighted by Gasteiger charge is -2.10. The Morgan fingerprint density at radius 2 is 1.68 bits per heavy atom. The van der Waals surface area contributed by atoms with Gasteiger partial charge in [-0.25, -0.2) is 0 Å². The summed E-state index contributed by atoms with van der Waals surface area (Å²) >= 11 is 0. The van der Waals surface area contributed by atoms with Crippen molar-refractivity contribution in [1.29, 1.82) is 0 Å². The number of benzene rings is 2. The second kappa shape index (κ2) is 5.88. The molecule has 0 saturated heterocycles. The molecular weight excluding hydrogens is 270 g/mol. The Balaban J connectivity index is 1.98. The van der Waals surface area contributed by atoms with Gasteiger partial charge >= 0.3 is 0 Å². The van der Waals surface area contributed by atoms with Gasteiger partial charge in [0, 0.05) is 23.2 Å². The van der Waals surface area contributed by atoms with E-state index >= 15 is 0 Å². The number of hydrogen-bond donors (Lipinski definition) is 0. The third-order valence-electron chi connectivity index (χ3n) is 4.17. The Labute approximate surface area is 132 Å². The van der Waals surface area contributed by atoms with Crippen molar-refractivity contribution in [3.05, 3.63) is 65.4 Å². The molecule has 3 rings (SSSR count). The number of nitrogens with zero attached hydrogens (tertiary/aromatic N) is 1. The van der Waals surface area contributed by atoms with Gasteiger partial charge < -0.3 is 9.30 Å². The molecule has 114 valence electrons. The smallest absolute Gasteiger partial charge is 0.122 e. The van der Waals surface area contributed by atoms with Crippen LogP contribution in [0.2, 0.25) is 0 Å². The largest absolute Gasteiger partial charge is 0.489 e. The Kier molecular flexibility index (Phi) is 3.93. The summed E-state index contributed by atoms with van der Waals surface area (Å²) in [5.74, 6) is 0.959. The van der Waals surface area contributed by atoms with E-state index in [-0.39, 0.29) is 0 Å². The lowest BCUT2D eigenvalue weighted by molar-refractivity contribution is 0.305. The van der Waals surface area contributed by atoms with Crippen LogP contribution in [0.25, 0.3) is 10.9 Å². The van der Waals surface area contributed by atoms with Gasteiger partial charge in [0.05, 0.1) is 5.52 Å². The molecule has 0 aliphatic heterocycles. The summed E-state index contributed by atoms with van der Waals surface area (Å²) in [5.41, 5.74) is 5.05. The lowest BCUT2D eigenvalue weighted by Crippen LogP contribution is -1.99. The molecule has 0 fully saturated rings. The summed E-state index contributed by atoms with van der Waals surface area (Å²) < 4.78 is 8.40. The monoisotopic (exact) mass is 293 g/mol. The number of ether oxygens (including phenoxy) is 1. The first-order valence-corrected chi connectivity index (χ1v) is 7.85. The van der Waals surface area contributed by atoms with Gasteiger partial charge in [-0.15, -0.1) is 0 Å². The zero-order chi connectivity index (χ0) is 15.7. The second-order valence-electron chi connectivity index (χ2n) is 6.18. The summed E-state index contributed by atoms with van der Waals surface area (Å²) in [6.45, 7) is 9.30. The number of para-hydroxylation sites is 2. The molecular formula is C20H23NO. The molecule has 0 saturated carbocycles. The molecule has 0 spiro atoms. The number of aryl methyl sites for hydroxylation is 2. The highest BCUT2D eigenvalue weighted by Gasteiger charge is 2.13. The minimum atomic E-state index is 0.441. The Hall–Kier alpha value is -2.22. The Morgan fingerprint density at radius 1 is 0.955 bits per heavy atom. The fourth-order valence-corrected chi connectivity index (χ4v) is 2.96. The average molecular weight is 293 g/mol. The van der Waals surface area contributed by atoms with E-state index in [1.165, 1.54) is 27.6 Å². The summed E-state index contributed by atoms with van der Waals surface area (Å²) in [5, 5.41) is 1.29. The Bertz CT molecular complexity index is 799. The quantitative estimate of drug-likeness (QED) is 0.626. The second-order valence-corrected chi connectivity index (χ2v) is 6.18. The molecule has 2 nitrogen and oxygen atoms in total. The van der Waals surface area contributed by atoms with Crippen molar-refractivity contribution in [2.75, 3.05) is 0 Å². The van der Waals surface area contributed by atoms with Gasteiger partial charge in [0.25, 0.3) is 0 Å². The SMILES string of the molecule is Cc1ccccc1OCc1cn(C(C)C)c2c(C)cccc12.